The fraction of sp³-hybridized carbons (Fsp3) is 0.355. The second kappa shape index (κ2) is 11.4. The van der Waals surface area contributed by atoms with Crippen LogP contribution in [-0.4, -0.2) is 71.6 Å². The number of piperidine rings is 1. The van der Waals surface area contributed by atoms with E-state index < -0.39 is 0 Å². The van der Waals surface area contributed by atoms with Gasteiger partial charge in [0.15, 0.2) is 0 Å². The third kappa shape index (κ3) is 5.40. The van der Waals surface area contributed by atoms with E-state index in [2.05, 4.69) is 77.7 Å². The van der Waals surface area contributed by atoms with Crippen molar-refractivity contribution in [2.75, 3.05) is 51.3 Å². The number of rotatable bonds is 6. The standard InChI is InChI=1S/C31H34BrN5O2/c1-39-29-12-5-4-11-28(29)35-17-19-36(20-18-35)31(38)23-13-15-34(16-14-23)22-30-33-26-9-2-3-10-27(26)37(30)25-8-6-7-24(32)21-25/h2-12,21,23H,13-20,22H2,1H3. The van der Waals surface area contributed by atoms with Gasteiger partial charge < -0.3 is 14.5 Å². The molecule has 202 valence electrons. The highest BCUT2D eigenvalue weighted by Crippen LogP contribution is 2.30. The van der Waals surface area contributed by atoms with Crippen molar-refractivity contribution >= 4 is 38.6 Å². The van der Waals surface area contributed by atoms with Crippen LogP contribution in [0.25, 0.3) is 16.7 Å². The summed E-state index contributed by atoms with van der Waals surface area (Å²) in [5, 5.41) is 0. The van der Waals surface area contributed by atoms with Gasteiger partial charge in [-0.05, 0) is 68.4 Å². The molecule has 0 radical (unpaired) electrons. The Morgan fingerprint density at radius 1 is 0.923 bits per heavy atom. The number of benzene rings is 3. The predicted octanol–water partition coefficient (Wildman–Crippen LogP) is 5.36. The van der Waals surface area contributed by atoms with Crippen LogP contribution in [-0.2, 0) is 11.3 Å². The van der Waals surface area contributed by atoms with Crippen molar-refractivity contribution in [3.05, 3.63) is 83.1 Å². The molecular weight excluding hydrogens is 554 g/mol. The molecule has 2 saturated heterocycles. The summed E-state index contributed by atoms with van der Waals surface area (Å²) in [5.41, 5.74) is 4.33. The van der Waals surface area contributed by atoms with Gasteiger partial charge in [-0.15, -0.1) is 0 Å². The van der Waals surface area contributed by atoms with Gasteiger partial charge in [0.1, 0.15) is 11.6 Å². The van der Waals surface area contributed by atoms with E-state index in [0.29, 0.717) is 5.91 Å². The maximum absolute atomic E-state index is 13.4. The monoisotopic (exact) mass is 587 g/mol. The van der Waals surface area contributed by atoms with Crippen LogP contribution in [0.5, 0.6) is 5.75 Å². The van der Waals surface area contributed by atoms with Crippen molar-refractivity contribution in [1.82, 2.24) is 19.4 Å². The minimum Gasteiger partial charge on any atom is -0.495 e. The second-order valence-corrected chi connectivity index (χ2v) is 11.3. The van der Waals surface area contributed by atoms with Crippen LogP contribution >= 0.6 is 15.9 Å². The number of methoxy groups -OCH3 is 1. The average molecular weight is 589 g/mol. The fourth-order valence-electron chi connectivity index (χ4n) is 5.94. The summed E-state index contributed by atoms with van der Waals surface area (Å²) >= 11 is 3.62. The van der Waals surface area contributed by atoms with Crippen LogP contribution in [0.1, 0.15) is 18.7 Å². The molecule has 3 heterocycles. The second-order valence-electron chi connectivity index (χ2n) is 10.4. The lowest BCUT2D eigenvalue weighted by molar-refractivity contribution is -0.137. The number of ether oxygens (including phenoxy) is 1. The van der Waals surface area contributed by atoms with Crippen LogP contribution in [0, 0.1) is 5.92 Å². The summed E-state index contributed by atoms with van der Waals surface area (Å²) < 4.78 is 8.85. The highest BCUT2D eigenvalue weighted by atomic mass is 79.9. The van der Waals surface area contributed by atoms with E-state index in [9.17, 15) is 4.79 Å². The van der Waals surface area contributed by atoms with E-state index >= 15 is 0 Å². The highest BCUT2D eigenvalue weighted by molar-refractivity contribution is 9.10. The Balaban J connectivity index is 1.08. The molecule has 7 nitrogen and oxygen atoms in total. The molecule has 2 fully saturated rings. The number of piperazine rings is 1. The summed E-state index contributed by atoms with van der Waals surface area (Å²) in [7, 11) is 1.71. The fourth-order valence-corrected chi connectivity index (χ4v) is 6.33. The highest BCUT2D eigenvalue weighted by Gasteiger charge is 2.31. The van der Waals surface area contributed by atoms with E-state index in [1.165, 1.54) is 0 Å². The van der Waals surface area contributed by atoms with Crippen molar-refractivity contribution < 1.29 is 9.53 Å². The number of para-hydroxylation sites is 4. The quantitative estimate of drug-likeness (QED) is 0.304. The zero-order valence-corrected chi connectivity index (χ0v) is 23.9. The third-order valence-corrected chi connectivity index (χ3v) is 8.51. The number of likely N-dealkylation sites (tertiary alicyclic amines) is 1. The first kappa shape index (κ1) is 25.9. The first-order valence-electron chi connectivity index (χ1n) is 13.7. The Bertz CT molecular complexity index is 1450. The van der Waals surface area contributed by atoms with Crippen LogP contribution in [0.15, 0.2) is 77.3 Å². The van der Waals surface area contributed by atoms with Gasteiger partial charge in [0.2, 0.25) is 5.91 Å². The molecule has 39 heavy (non-hydrogen) atoms. The molecule has 1 aromatic heterocycles. The van der Waals surface area contributed by atoms with Crippen LogP contribution in [0.2, 0.25) is 0 Å². The van der Waals surface area contributed by atoms with Gasteiger partial charge in [0.05, 0.1) is 30.4 Å². The van der Waals surface area contributed by atoms with E-state index in [4.69, 9.17) is 9.72 Å². The molecule has 0 saturated carbocycles. The third-order valence-electron chi connectivity index (χ3n) is 8.02. The summed E-state index contributed by atoms with van der Waals surface area (Å²) in [6.45, 7) is 5.74. The normalized spacial score (nSPS) is 17.1. The van der Waals surface area contributed by atoms with Gasteiger partial charge in [0.25, 0.3) is 0 Å². The number of carbonyl (C=O) groups excluding carboxylic acids is 1. The number of halogens is 1. The minimum absolute atomic E-state index is 0.1000. The molecule has 0 spiro atoms. The molecule has 4 aromatic rings. The lowest BCUT2D eigenvalue weighted by Crippen LogP contribution is -2.51. The van der Waals surface area contributed by atoms with E-state index in [1.54, 1.807) is 7.11 Å². The molecule has 0 unspecified atom stereocenters. The average Bonchev–Trinajstić information content (AvgIpc) is 3.35. The molecule has 1 amide bonds. The van der Waals surface area contributed by atoms with Crippen molar-refractivity contribution in [1.29, 1.82) is 0 Å². The minimum atomic E-state index is 0.1000. The maximum Gasteiger partial charge on any atom is 0.225 e. The van der Waals surface area contributed by atoms with Crippen LogP contribution in [0.3, 0.4) is 0 Å². The topological polar surface area (TPSA) is 53.8 Å². The van der Waals surface area contributed by atoms with Crippen molar-refractivity contribution in [3.63, 3.8) is 0 Å². The van der Waals surface area contributed by atoms with Gasteiger partial charge >= 0.3 is 0 Å². The molecule has 2 aliphatic heterocycles. The Kier molecular flexibility index (Phi) is 7.57. The summed E-state index contributed by atoms with van der Waals surface area (Å²) in [5.74, 6) is 2.34. The Hall–Kier alpha value is -3.36. The number of aromatic nitrogens is 2. The van der Waals surface area contributed by atoms with Crippen molar-refractivity contribution in [2.24, 2.45) is 5.92 Å². The zero-order valence-electron chi connectivity index (χ0n) is 22.3. The molecule has 3 aromatic carbocycles. The lowest BCUT2D eigenvalue weighted by Gasteiger charge is -2.39. The number of carbonyl (C=O) groups is 1. The molecule has 6 rings (SSSR count). The molecule has 0 atom stereocenters. The Morgan fingerprint density at radius 2 is 1.67 bits per heavy atom. The molecule has 2 aliphatic rings. The number of hydrogen-bond acceptors (Lipinski definition) is 5. The van der Waals surface area contributed by atoms with E-state index in [-0.39, 0.29) is 5.92 Å². The molecule has 0 bridgehead atoms. The maximum atomic E-state index is 13.4. The number of amides is 1. The van der Waals surface area contributed by atoms with Gasteiger partial charge in [0, 0.05) is 42.3 Å². The van der Waals surface area contributed by atoms with Gasteiger partial charge in [-0.25, -0.2) is 4.98 Å². The van der Waals surface area contributed by atoms with Gasteiger partial charge in [-0.1, -0.05) is 46.3 Å². The SMILES string of the molecule is COc1ccccc1N1CCN(C(=O)C2CCN(Cc3nc4ccccc4n3-c3cccc(Br)c3)CC2)CC1. The lowest BCUT2D eigenvalue weighted by atomic mass is 9.95. The first-order valence-corrected chi connectivity index (χ1v) is 14.5. The van der Waals surface area contributed by atoms with Crippen molar-refractivity contribution in [3.8, 4) is 11.4 Å². The van der Waals surface area contributed by atoms with Crippen LogP contribution in [0.4, 0.5) is 5.69 Å². The summed E-state index contributed by atoms with van der Waals surface area (Å²) in [6.07, 6.45) is 1.78. The Labute approximate surface area is 238 Å². The molecular formula is C31H34BrN5O2. The van der Waals surface area contributed by atoms with E-state index in [0.717, 1.165) is 97.1 Å². The predicted molar refractivity (Wildman–Crippen MR) is 159 cm³/mol. The van der Waals surface area contributed by atoms with Gasteiger partial charge in [-0.2, -0.15) is 0 Å². The molecule has 0 N–H and O–H groups in total. The summed E-state index contributed by atoms with van der Waals surface area (Å²) in [4.78, 5) is 25.3. The zero-order chi connectivity index (χ0) is 26.8. The smallest absolute Gasteiger partial charge is 0.225 e. The largest absolute Gasteiger partial charge is 0.495 e. The Morgan fingerprint density at radius 3 is 2.44 bits per heavy atom. The van der Waals surface area contributed by atoms with Crippen LogP contribution < -0.4 is 9.64 Å². The van der Waals surface area contributed by atoms with Gasteiger partial charge in [-0.3, -0.25) is 14.3 Å². The molecule has 8 heteroatoms. The number of hydrogen-bond donors (Lipinski definition) is 0. The number of nitrogens with zero attached hydrogens (tertiary/aromatic N) is 5. The first-order chi connectivity index (χ1) is 19.1. The molecule has 0 aliphatic carbocycles. The number of anilines is 1. The number of fused-ring (bicyclic) bond motifs is 1. The van der Waals surface area contributed by atoms with E-state index in [1.807, 2.05) is 30.3 Å². The summed E-state index contributed by atoms with van der Waals surface area (Å²) in [6, 6.07) is 24.8. The van der Waals surface area contributed by atoms with Crippen molar-refractivity contribution in [2.45, 2.75) is 19.4 Å². The number of imidazole rings is 1.